The van der Waals surface area contributed by atoms with Crippen LogP contribution in [0.3, 0.4) is 0 Å². The van der Waals surface area contributed by atoms with Crippen LogP contribution in [-0.2, 0) is 0 Å². The summed E-state index contributed by atoms with van der Waals surface area (Å²) in [6, 6.07) is 3.34. The first-order valence-electron chi connectivity index (χ1n) is 5.09. The Hall–Kier alpha value is -0.900. The molecule has 15 heavy (non-hydrogen) atoms. The van der Waals surface area contributed by atoms with Crippen molar-refractivity contribution in [3.63, 3.8) is 0 Å². The molecule has 1 aromatic rings. The molecule has 0 radical (unpaired) electrons. The molecule has 4 N–H and O–H groups in total. The fraction of sp³-hybridized carbons (Fsp3) is 0.500. The van der Waals surface area contributed by atoms with Gasteiger partial charge in [-0.05, 0) is 43.0 Å². The van der Waals surface area contributed by atoms with Gasteiger partial charge in [-0.1, -0.05) is 12.1 Å². The lowest BCUT2D eigenvalue weighted by atomic mass is 9.94. The Morgan fingerprint density at radius 2 is 1.67 bits per heavy atom. The van der Waals surface area contributed by atoms with Crippen LogP contribution in [0, 0.1) is 20.8 Å². The second-order valence-corrected chi connectivity index (χ2v) is 4.08. The van der Waals surface area contributed by atoms with E-state index in [0.29, 0.717) is 0 Å². The van der Waals surface area contributed by atoms with Gasteiger partial charge >= 0.3 is 0 Å². The van der Waals surface area contributed by atoms with Crippen LogP contribution < -0.4 is 5.73 Å². The summed E-state index contributed by atoms with van der Waals surface area (Å²) in [4.78, 5) is 0. The first-order valence-corrected chi connectivity index (χ1v) is 5.09. The summed E-state index contributed by atoms with van der Waals surface area (Å²) < 4.78 is 0. The normalized spacial score (nSPS) is 15.1. The summed E-state index contributed by atoms with van der Waals surface area (Å²) in [5.41, 5.74) is 9.74. The predicted octanol–water partition coefficient (Wildman–Crippen LogP) is 0.965. The van der Waals surface area contributed by atoms with Crippen LogP contribution >= 0.6 is 0 Å². The van der Waals surface area contributed by atoms with Gasteiger partial charge in [0.05, 0.1) is 18.8 Å². The minimum absolute atomic E-state index is 0.215. The lowest BCUT2D eigenvalue weighted by Gasteiger charge is -2.20. The zero-order valence-electron chi connectivity index (χ0n) is 9.49. The van der Waals surface area contributed by atoms with Crippen LogP contribution in [0.4, 0.5) is 0 Å². The van der Waals surface area contributed by atoms with Gasteiger partial charge in [0.1, 0.15) is 0 Å². The van der Waals surface area contributed by atoms with Gasteiger partial charge in [-0.25, -0.2) is 0 Å². The lowest BCUT2D eigenvalue weighted by Crippen LogP contribution is -2.32. The number of aliphatic hydroxyl groups is 2. The third-order valence-corrected chi connectivity index (χ3v) is 2.82. The lowest BCUT2D eigenvalue weighted by molar-refractivity contribution is 0.109. The van der Waals surface area contributed by atoms with Gasteiger partial charge in [-0.3, -0.25) is 0 Å². The van der Waals surface area contributed by atoms with Crippen molar-refractivity contribution in [2.24, 2.45) is 5.73 Å². The quantitative estimate of drug-likeness (QED) is 0.694. The van der Waals surface area contributed by atoms with Gasteiger partial charge in [0.15, 0.2) is 0 Å². The zero-order chi connectivity index (χ0) is 11.6. The van der Waals surface area contributed by atoms with Crippen LogP contribution in [0.1, 0.15) is 28.4 Å². The van der Waals surface area contributed by atoms with Gasteiger partial charge in [-0.15, -0.1) is 0 Å². The molecule has 2 atom stereocenters. The van der Waals surface area contributed by atoms with Crippen LogP contribution in [0.5, 0.6) is 0 Å². The molecule has 2 unspecified atom stereocenters. The standard InChI is InChI=1S/C12H19NO2/c1-7-4-9(3)10(5-8(7)2)12(15)11(13)6-14/h4-5,11-12,14-15H,6,13H2,1-3H3. The zero-order valence-corrected chi connectivity index (χ0v) is 9.49. The molecule has 0 spiro atoms. The number of aryl methyl sites for hydroxylation is 3. The van der Waals surface area contributed by atoms with Crippen molar-refractivity contribution in [1.82, 2.24) is 0 Å². The highest BCUT2D eigenvalue weighted by Crippen LogP contribution is 2.23. The highest BCUT2D eigenvalue weighted by molar-refractivity contribution is 5.38. The molecule has 0 amide bonds. The SMILES string of the molecule is Cc1cc(C)c(C(O)C(N)CO)cc1C. The largest absolute Gasteiger partial charge is 0.395 e. The Kier molecular flexibility index (Phi) is 3.85. The Bertz CT molecular complexity index is 350. The molecular weight excluding hydrogens is 190 g/mol. The van der Waals surface area contributed by atoms with E-state index in [-0.39, 0.29) is 6.61 Å². The fourth-order valence-corrected chi connectivity index (χ4v) is 1.63. The average Bonchev–Trinajstić information content (AvgIpc) is 2.21. The van der Waals surface area contributed by atoms with Crippen molar-refractivity contribution in [1.29, 1.82) is 0 Å². The Morgan fingerprint density at radius 1 is 1.13 bits per heavy atom. The molecule has 1 aromatic carbocycles. The van der Waals surface area contributed by atoms with Gasteiger partial charge in [-0.2, -0.15) is 0 Å². The molecule has 0 aromatic heterocycles. The number of nitrogens with two attached hydrogens (primary N) is 1. The number of benzene rings is 1. The Balaban J connectivity index is 3.09. The van der Waals surface area contributed by atoms with E-state index < -0.39 is 12.1 Å². The van der Waals surface area contributed by atoms with E-state index in [0.717, 1.165) is 16.7 Å². The van der Waals surface area contributed by atoms with Gasteiger partial charge < -0.3 is 15.9 Å². The van der Waals surface area contributed by atoms with Gasteiger partial charge in [0.25, 0.3) is 0 Å². The van der Waals surface area contributed by atoms with Gasteiger partial charge in [0.2, 0.25) is 0 Å². The average molecular weight is 209 g/mol. The maximum absolute atomic E-state index is 9.90. The first-order chi connectivity index (χ1) is 6.97. The maximum atomic E-state index is 9.90. The summed E-state index contributed by atoms with van der Waals surface area (Å²) in [5, 5.41) is 18.8. The number of rotatable bonds is 3. The topological polar surface area (TPSA) is 66.5 Å². The molecule has 0 fully saturated rings. The van der Waals surface area contributed by atoms with Crippen LogP contribution in [-0.4, -0.2) is 22.9 Å². The molecule has 3 nitrogen and oxygen atoms in total. The number of hydrogen-bond acceptors (Lipinski definition) is 3. The van der Waals surface area contributed by atoms with Crippen molar-refractivity contribution >= 4 is 0 Å². The summed E-state index contributed by atoms with van der Waals surface area (Å²) in [5.74, 6) is 0. The maximum Gasteiger partial charge on any atom is 0.0965 e. The second-order valence-electron chi connectivity index (χ2n) is 4.08. The summed E-state index contributed by atoms with van der Waals surface area (Å²) in [7, 11) is 0. The smallest absolute Gasteiger partial charge is 0.0965 e. The van der Waals surface area contributed by atoms with Crippen molar-refractivity contribution in [3.05, 3.63) is 34.4 Å². The number of aliphatic hydroxyl groups excluding tert-OH is 2. The molecule has 0 heterocycles. The fourth-order valence-electron chi connectivity index (χ4n) is 1.63. The molecule has 0 aliphatic heterocycles. The molecule has 0 saturated heterocycles. The molecule has 0 saturated carbocycles. The minimum Gasteiger partial charge on any atom is -0.395 e. The molecule has 0 bridgehead atoms. The summed E-state index contributed by atoms with van der Waals surface area (Å²) in [6.45, 7) is 5.75. The predicted molar refractivity (Wildman–Crippen MR) is 60.7 cm³/mol. The third kappa shape index (κ3) is 2.56. The second kappa shape index (κ2) is 4.75. The summed E-state index contributed by atoms with van der Waals surface area (Å²) >= 11 is 0. The van der Waals surface area contributed by atoms with E-state index in [1.165, 1.54) is 5.56 Å². The van der Waals surface area contributed by atoms with Crippen LogP contribution in [0.2, 0.25) is 0 Å². The van der Waals surface area contributed by atoms with E-state index in [4.69, 9.17) is 10.8 Å². The highest BCUT2D eigenvalue weighted by Gasteiger charge is 2.18. The summed E-state index contributed by atoms with van der Waals surface area (Å²) in [6.07, 6.45) is -0.797. The molecule has 0 aliphatic carbocycles. The minimum atomic E-state index is -0.797. The van der Waals surface area contributed by atoms with Gasteiger partial charge in [0, 0.05) is 0 Å². The van der Waals surface area contributed by atoms with Crippen molar-refractivity contribution < 1.29 is 10.2 Å². The number of hydrogen-bond donors (Lipinski definition) is 3. The monoisotopic (exact) mass is 209 g/mol. The molecule has 84 valence electrons. The van der Waals surface area contributed by atoms with Crippen LogP contribution in [0.25, 0.3) is 0 Å². The van der Waals surface area contributed by atoms with E-state index in [2.05, 4.69) is 0 Å². The van der Waals surface area contributed by atoms with Crippen molar-refractivity contribution in [3.8, 4) is 0 Å². The Morgan fingerprint density at radius 3 is 2.20 bits per heavy atom. The highest BCUT2D eigenvalue weighted by atomic mass is 16.3. The Labute approximate surface area is 90.5 Å². The van der Waals surface area contributed by atoms with E-state index in [1.807, 2.05) is 32.9 Å². The van der Waals surface area contributed by atoms with Crippen molar-refractivity contribution in [2.45, 2.75) is 32.9 Å². The molecule has 1 rings (SSSR count). The first kappa shape index (κ1) is 12.2. The molecular formula is C12H19NO2. The molecule has 0 aliphatic rings. The van der Waals surface area contributed by atoms with E-state index >= 15 is 0 Å². The third-order valence-electron chi connectivity index (χ3n) is 2.82. The van der Waals surface area contributed by atoms with E-state index in [1.54, 1.807) is 0 Å². The van der Waals surface area contributed by atoms with E-state index in [9.17, 15) is 5.11 Å². The van der Waals surface area contributed by atoms with Crippen LogP contribution in [0.15, 0.2) is 12.1 Å². The molecule has 3 heteroatoms. The van der Waals surface area contributed by atoms with Crippen molar-refractivity contribution in [2.75, 3.05) is 6.61 Å².